The first-order valence-electron chi connectivity index (χ1n) is 6.36. The maximum atomic E-state index is 9.60. The Kier molecular flexibility index (Phi) is 11.8. The summed E-state index contributed by atoms with van der Waals surface area (Å²) < 4.78 is 0. The minimum Gasteiger partial charge on any atom is -0.478 e. The van der Waals surface area contributed by atoms with Crippen LogP contribution in [0.1, 0.15) is 6.92 Å². The summed E-state index contributed by atoms with van der Waals surface area (Å²) in [6.07, 6.45) is 0. The van der Waals surface area contributed by atoms with Crippen molar-refractivity contribution in [3.8, 4) is 0 Å². The Morgan fingerprint density at radius 2 is 1.00 bits per heavy atom. The van der Waals surface area contributed by atoms with Gasteiger partial charge in [0.1, 0.15) is 0 Å². The zero-order valence-corrected chi connectivity index (χ0v) is 11.2. The number of nitrogens with one attached hydrogen (secondary N) is 4. The fourth-order valence-electron chi connectivity index (χ4n) is 1.21. The normalized spacial score (nSPS) is 18.5. The molecule has 106 valence electrons. The molecule has 1 aliphatic rings. The Morgan fingerprint density at radius 1 is 0.833 bits per heavy atom. The number of carbonyl (C=O) groups is 1. The number of aliphatic carboxylic acids is 1. The van der Waals surface area contributed by atoms with E-state index in [-0.39, 0.29) is 5.57 Å². The predicted molar refractivity (Wildman–Crippen MR) is 73.9 cm³/mol. The van der Waals surface area contributed by atoms with Crippen LogP contribution in [0.4, 0.5) is 0 Å². The van der Waals surface area contributed by atoms with Crippen molar-refractivity contribution in [2.75, 3.05) is 52.4 Å². The first-order valence-corrected chi connectivity index (χ1v) is 6.36. The molecule has 0 aromatic heterocycles. The van der Waals surface area contributed by atoms with Gasteiger partial charge < -0.3 is 26.4 Å². The van der Waals surface area contributed by atoms with E-state index in [2.05, 4.69) is 27.8 Å². The molecule has 0 aromatic rings. The largest absolute Gasteiger partial charge is 0.478 e. The SMILES string of the molecule is C1CNCCNCCNCCN1.C=C(C)C(=O)O. The molecule has 0 atom stereocenters. The van der Waals surface area contributed by atoms with Gasteiger partial charge in [-0.05, 0) is 6.92 Å². The fraction of sp³-hybridized carbons (Fsp3) is 0.750. The Balaban J connectivity index is 0.000000411. The number of hydrogen-bond acceptors (Lipinski definition) is 5. The van der Waals surface area contributed by atoms with Gasteiger partial charge in [-0.25, -0.2) is 4.79 Å². The van der Waals surface area contributed by atoms with Crippen LogP contribution < -0.4 is 21.3 Å². The third kappa shape index (κ3) is 13.1. The van der Waals surface area contributed by atoms with E-state index < -0.39 is 5.97 Å². The van der Waals surface area contributed by atoms with E-state index in [4.69, 9.17) is 5.11 Å². The highest BCUT2D eigenvalue weighted by Gasteiger charge is 1.92. The van der Waals surface area contributed by atoms with Crippen LogP contribution in [-0.2, 0) is 4.79 Å². The fourth-order valence-corrected chi connectivity index (χ4v) is 1.21. The predicted octanol–water partition coefficient (Wildman–Crippen LogP) is -0.994. The van der Waals surface area contributed by atoms with Gasteiger partial charge in [0.25, 0.3) is 0 Å². The topological polar surface area (TPSA) is 85.4 Å². The van der Waals surface area contributed by atoms with Crippen LogP contribution in [0.25, 0.3) is 0 Å². The number of hydrogen-bond donors (Lipinski definition) is 5. The average molecular weight is 258 g/mol. The van der Waals surface area contributed by atoms with E-state index in [1.807, 2.05) is 0 Å². The molecule has 0 unspecified atom stereocenters. The van der Waals surface area contributed by atoms with Crippen LogP contribution in [0.3, 0.4) is 0 Å². The Hall–Kier alpha value is -0.950. The summed E-state index contributed by atoms with van der Waals surface area (Å²) in [7, 11) is 0. The third-order valence-corrected chi connectivity index (χ3v) is 2.28. The summed E-state index contributed by atoms with van der Waals surface area (Å²) in [5, 5.41) is 21.3. The van der Waals surface area contributed by atoms with Gasteiger partial charge in [0.15, 0.2) is 0 Å². The van der Waals surface area contributed by atoms with Crippen LogP contribution in [0, 0.1) is 0 Å². The molecule has 0 spiro atoms. The molecule has 6 nitrogen and oxygen atoms in total. The number of carboxylic acid groups (broad SMARTS) is 1. The highest BCUT2D eigenvalue weighted by Crippen LogP contribution is 1.81. The van der Waals surface area contributed by atoms with Crippen molar-refractivity contribution in [3.05, 3.63) is 12.2 Å². The van der Waals surface area contributed by atoms with Gasteiger partial charge in [-0.2, -0.15) is 0 Å². The molecule has 1 aliphatic heterocycles. The quantitative estimate of drug-likeness (QED) is 0.388. The van der Waals surface area contributed by atoms with Crippen LogP contribution in [0.5, 0.6) is 0 Å². The van der Waals surface area contributed by atoms with Gasteiger partial charge in [-0.1, -0.05) is 6.58 Å². The van der Waals surface area contributed by atoms with Gasteiger partial charge in [-0.15, -0.1) is 0 Å². The minimum absolute atomic E-state index is 0.176. The zero-order chi connectivity index (χ0) is 13.6. The van der Waals surface area contributed by atoms with Crippen molar-refractivity contribution in [2.45, 2.75) is 6.92 Å². The lowest BCUT2D eigenvalue weighted by molar-refractivity contribution is -0.132. The number of carboxylic acids is 1. The monoisotopic (exact) mass is 258 g/mol. The smallest absolute Gasteiger partial charge is 0.330 e. The van der Waals surface area contributed by atoms with E-state index in [1.54, 1.807) is 0 Å². The first kappa shape index (κ1) is 17.1. The lowest BCUT2D eigenvalue weighted by Gasteiger charge is -2.11. The van der Waals surface area contributed by atoms with E-state index in [0.717, 1.165) is 52.4 Å². The maximum absolute atomic E-state index is 9.60. The second-order valence-electron chi connectivity index (χ2n) is 4.09. The van der Waals surface area contributed by atoms with Crippen molar-refractivity contribution >= 4 is 5.97 Å². The Labute approximate surface area is 109 Å². The van der Waals surface area contributed by atoms with Crippen molar-refractivity contribution in [3.63, 3.8) is 0 Å². The molecule has 18 heavy (non-hydrogen) atoms. The molecule has 5 N–H and O–H groups in total. The summed E-state index contributed by atoms with van der Waals surface area (Å²) in [6, 6.07) is 0. The summed E-state index contributed by atoms with van der Waals surface area (Å²) in [5.74, 6) is -0.935. The average Bonchev–Trinajstić information content (AvgIpc) is 2.30. The van der Waals surface area contributed by atoms with E-state index in [0.29, 0.717) is 0 Å². The van der Waals surface area contributed by atoms with Crippen LogP contribution in [-0.4, -0.2) is 63.4 Å². The van der Waals surface area contributed by atoms with Crippen LogP contribution in [0.2, 0.25) is 0 Å². The molecule has 0 bridgehead atoms. The van der Waals surface area contributed by atoms with Crippen molar-refractivity contribution in [1.82, 2.24) is 21.3 Å². The third-order valence-electron chi connectivity index (χ3n) is 2.28. The number of rotatable bonds is 1. The van der Waals surface area contributed by atoms with Gasteiger partial charge in [0.05, 0.1) is 0 Å². The summed E-state index contributed by atoms with van der Waals surface area (Å²) in [6.45, 7) is 13.2. The van der Waals surface area contributed by atoms with Crippen molar-refractivity contribution in [2.24, 2.45) is 0 Å². The van der Waals surface area contributed by atoms with Crippen LogP contribution in [0.15, 0.2) is 12.2 Å². The zero-order valence-electron chi connectivity index (χ0n) is 11.2. The van der Waals surface area contributed by atoms with Gasteiger partial charge in [0.2, 0.25) is 0 Å². The molecule has 0 amide bonds. The van der Waals surface area contributed by atoms with Crippen molar-refractivity contribution < 1.29 is 9.90 Å². The molecule has 0 radical (unpaired) electrons. The molecule has 1 heterocycles. The summed E-state index contributed by atoms with van der Waals surface area (Å²) in [4.78, 5) is 9.60. The van der Waals surface area contributed by atoms with Crippen LogP contribution >= 0.6 is 0 Å². The lowest BCUT2D eigenvalue weighted by atomic mass is 10.4. The molecule has 0 aromatic carbocycles. The molecule has 0 saturated carbocycles. The maximum Gasteiger partial charge on any atom is 0.330 e. The first-order chi connectivity index (χ1) is 8.64. The molecular weight excluding hydrogens is 232 g/mol. The minimum atomic E-state index is -0.935. The van der Waals surface area contributed by atoms with E-state index in [9.17, 15) is 4.79 Å². The van der Waals surface area contributed by atoms with E-state index in [1.165, 1.54) is 6.92 Å². The van der Waals surface area contributed by atoms with Gasteiger partial charge in [0, 0.05) is 57.9 Å². The highest BCUT2D eigenvalue weighted by molar-refractivity contribution is 5.84. The van der Waals surface area contributed by atoms with E-state index >= 15 is 0 Å². The Bertz CT molecular complexity index is 179. The summed E-state index contributed by atoms with van der Waals surface area (Å²) >= 11 is 0. The molecule has 0 aliphatic carbocycles. The van der Waals surface area contributed by atoms with Crippen molar-refractivity contribution in [1.29, 1.82) is 0 Å². The summed E-state index contributed by atoms with van der Waals surface area (Å²) in [5.41, 5.74) is 0.176. The van der Waals surface area contributed by atoms with Gasteiger partial charge in [-0.3, -0.25) is 0 Å². The molecule has 1 rings (SSSR count). The second kappa shape index (κ2) is 12.5. The second-order valence-corrected chi connectivity index (χ2v) is 4.09. The molecule has 1 fully saturated rings. The van der Waals surface area contributed by atoms with Gasteiger partial charge >= 0.3 is 5.97 Å². The lowest BCUT2D eigenvalue weighted by Crippen LogP contribution is -2.39. The molecule has 6 heteroatoms. The molecular formula is C12H26N4O2. The standard InChI is InChI=1S/C8H20N4.C4H6O2/c1-2-10-5-6-12-8-7-11-4-3-9-1;1-3(2)4(5)6/h9-12H,1-8H2;1H2,2H3,(H,5,6). The highest BCUT2D eigenvalue weighted by atomic mass is 16.4. The molecule has 1 saturated heterocycles. The Morgan fingerprint density at radius 3 is 1.11 bits per heavy atom.